The molecule has 14 heavy (non-hydrogen) atoms. The summed E-state index contributed by atoms with van der Waals surface area (Å²) in [5.74, 6) is 0.649. The second-order valence-corrected chi connectivity index (χ2v) is 4.21. The lowest BCUT2D eigenvalue weighted by atomic mass is 10.1. The molecular weight excluding hydrogens is 176 g/mol. The molecule has 0 rings (SSSR count). The van der Waals surface area contributed by atoms with Crippen molar-refractivity contribution in [1.82, 2.24) is 10.6 Å². The first-order valence-electron chi connectivity index (χ1n) is 5.52. The molecule has 2 atom stereocenters. The minimum absolute atomic E-state index is 0.0966. The van der Waals surface area contributed by atoms with E-state index in [-0.39, 0.29) is 11.9 Å². The van der Waals surface area contributed by atoms with E-state index in [9.17, 15) is 4.79 Å². The van der Waals surface area contributed by atoms with Crippen LogP contribution >= 0.6 is 0 Å². The van der Waals surface area contributed by atoms with E-state index in [0.29, 0.717) is 12.0 Å². The average molecular weight is 200 g/mol. The lowest BCUT2D eigenvalue weighted by Gasteiger charge is -2.22. The summed E-state index contributed by atoms with van der Waals surface area (Å²) in [4.78, 5) is 11.5. The highest BCUT2D eigenvalue weighted by molar-refractivity contribution is 5.81. The maximum atomic E-state index is 11.5. The third-order valence-electron chi connectivity index (χ3n) is 2.46. The van der Waals surface area contributed by atoms with Crippen LogP contribution < -0.4 is 10.6 Å². The minimum Gasteiger partial charge on any atom is -0.355 e. The second kappa shape index (κ2) is 6.82. The standard InChI is InChI=1S/C11H24N2O/c1-6-7-12-11(14)10(5)13-9(4)8(2)3/h8-10,13H,6-7H2,1-5H3,(H,12,14). The number of rotatable bonds is 6. The van der Waals surface area contributed by atoms with Crippen molar-refractivity contribution in [3.05, 3.63) is 0 Å². The van der Waals surface area contributed by atoms with Gasteiger partial charge >= 0.3 is 0 Å². The van der Waals surface area contributed by atoms with Gasteiger partial charge in [-0.1, -0.05) is 20.8 Å². The molecule has 84 valence electrons. The third kappa shape index (κ3) is 5.22. The molecule has 0 aliphatic rings. The fraction of sp³-hybridized carbons (Fsp3) is 0.909. The fourth-order valence-corrected chi connectivity index (χ4v) is 1.06. The van der Waals surface area contributed by atoms with Crippen LogP contribution in [0.5, 0.6) is 0 Å². The Morgan fingerprint density at radius 2 is 1.79 bits per heavy atom. The van der Waals surface area contributed by atoms with Gasteiger partial charge in [-0.25, -0.2) is 0 Å². The Morgan fingerprint density at radius 1 is 1.21 bits per heavy atom. The number of carbonyl (C=O) groups excluding carboxylic acids is 1. The van der Waals surface area contributed by atoms with Crippen molar-refractivity contribution >= 4 is 5.91 Å². The molecule has 0 spiro atoms. The first kappa shape index (κ1) is 13.4. The summed E-state index contributed by atoms with van der Waals surface area (Å²) in [6.07, 6.45) is 0.984. The summed E-state index contributed by atoms with van der Waals surface area (Å²) < 4.78 is 0. The van der Waals surface area contributed by atoms with Gasteiger partial charge in [0, 0.05) is 12.6 Å². The third-order valence-corrected chi connectivity index (χ3v) is 2.46. The minimum atomic E-state index is -0.0982. The lowest BCUT2D eigenvalue weighted by molar-refractivity contribution is -0.122. The van der Waals surface area contributed by atoms with Gasteiger partial charge in [0.15, 0.2) is 0 Å². The van der Waals surface area contributed by atoms with Crippen LogP contribution in [0.4, 0.5) is 0 Å². The number of carbonyl (C=O) groups is 1. The number of hydrogen-bond donors (Lipinski definition) is 2. The summed E-state index contributed by atoms with van der Waals surface area (Å²) in [6, 6.07) is 0.274. The lowest BCUT2D eigenvalue weighted by Crippen LogP contribution is -2.47. The largest absolute Gasteiger partial charge is 0.355 e. The van der Waals surface area contributed by atoms with Crippen molar-refractivity contribution < 1.29 is 4.79 Å². The normalized spacial score (nSPS) is 15.3. The van der Waals surface area contributed by atoms with E-state index < -0.39 is 0 Å². The van der Waals surface area contributed by atoms with Crippen LogP contribution in [-0.2, 0) is 4.79 Å². The van der Waals surface area contributed by atoms with Crippen LogP contribution in [0.15, 0.2) is 0 Å². The van der Waals surface area contributed by atoms with Crippen molar-refractivity contribution in [2.75, 3.05) is 6.54 Å². The van der Waals surface area contributed by atoms with Crippen molar-refractivity contribution in [3.63, 3.8) is 0 Å². The molecule has 0 fully saturated rings. The molecule has 2 unspecified atom stereocenters. The first-order chi connectivity index (χ1) is 6.49. The van der Waals surface area contributed by atoms with Crippen LogP contribution in [-0.4, -0.2) is 24.5 Å². The van der Waals surface area contributed by atoms with Crippen LogP contribution in [0.1, 0.15) is 41.0 Å². The highest BCUT2D eigenvalue weighted by Gasteiger charge is 2.15. The topological polar surface area (TPSA) is 41.1 Å². The van der Waals surface area contributed by atoms with Crippen LogP contribution in [0.2, 0.25) is 0 Å². The van der Waals surface area contributed by atoms with E-state index >= 15 is 0 Å². The Labute approximate surface area is 87.6 Å². The smallest absolute Gasteiger partial charge is 0.236 e. The quantitative estimate of drug-likeness (QED) is 0.683. The Bertz CT molecular complexity index is 169. The molecular formula is C11H24N2O. The van der Waals surface area contributed by atoms with E-state index in [1.165, 1.54) is 0 Å². The van der Waals surface area contributed by atoms with E-state index in [1.54, 1.807) is 0 Å². The SMILES string of the molecule is CCCNC(=O)C(C)NC(C)C(C)C. The van der Waals surface area contributed by atoms with Crippen molar-refractivity contribution in [2.45, 2.75) is 53.1 Å². The fourth-order valence-electron chi connectivity index (χ4n) is 1.06. The molecule has 0 radical (unpaired) electrons. The average Bonchev–Trinajstić information content (AvgIpc) is 2.13. The number of amides is 1. The Kier molecular flexibility index (Phi) is 6.54. The Balaban J connectivity index is 3.82. The predicted molar refractivity (Wildman–Crippen MR) is 60.2 cm³/mol. The summed E-state index contributed by atoms with van der Waals surface area (Å²) in [5.41, 5.74) is 0. The zero-order valence-electron chi connectivity index (χ0n) is 10.1. The molecule has 2 N–H and O–H groups in total. The molecule has 0 aliphatic heterocycles. The van der Waals surface area contributed by atoms with Crippen molar-refractivity contribution in [2.24, 2.45) is 5.92 Å². The van der Waals surface area contributed by atoms with Gasteiger partial charge in [0.1, 0.15) is 0 Å². The van der Waals surface area contributed by atoms with Gasteiger partial charge < -0.3 is 10.6 Å². The molecule has 0 aromatic heterocycles. The van der Waals surface area contributed by atoms with Gasteiger partial charge in [0.25, 0.3) is 0 Å². The molecule has 0 aliphatic carbocycles. The van der Waals surface area contributed by atoms with Gasteiger partial charge in [-0.2, -0.15) is 0 Å². The second-order valence-electron chi connectivity index (χ2n) is 4.21. The van der Waals surface area contributed by atoms with E-state index in [2.05, 4.69) is 38.3 Å². The molecule has 0 bridgehead atoms. The first-order valence-corrected chi connectivity index (χ1v) is 5.52. The van der Waals surface area contributed by atoms with Crippen molar-refractivity contribution in [3.8, 4) is 0 Å². The maximum absolute atomic E-state index is 11.5. The van der Waals surface area contributed by atoms with Gasteiger partial charge in [0.05, 0.1) is 6.04 Å². The van der Waals surface area contributed by atoms with Crippen LogP contribution in [0.3, 0.4) is 0 Å². The molecule has 0 saturated carbocycles. The van der Waals surface area contributed by atoms with E-state index in [0.717, 1.165) is 13.0 Å². The van der Waals surface area contributed by atoms with E-state index in [4.69, 9.17) is 0 Å². The number of hydrogen-bond acceptors (Lipinski definition) is 2. The monoisotopic (exact) mass is 200 g/mol. The summed E-state index contributed by atoms with van der Waals surface area (Å²) in [5, 5.41) is 6.15. The Hall–Kier alpha value is -0.570. The molecule has 0 heterocycles. The molecule has 1 amide bonds. The van der Waals surface area contributed by atoms with Gasteiger partial charge in [-0.15, -0.1) is 0 Å². The molecule has 3 heteroatoms. The number of nitrogens with one attached hydrogen (secondary N) is 2. The summed E-state index contributed by atoms with van der Waals surface area (Å²) in [7, 11) is 0. The zero-order valence-corrected chi connectivity index (χ0v) is 10.1. The Morgan fingerprint density at radius 3 is 2.21 bits per heavy atom. The maximum Gasteiger partial charge on any atom is 0.236 e. The van der Waals surface area contributed by atoms with Crippen LogP contribution in [0.25, 0.3) is 0 Å². The van der Waals surface area contributed by atoms with Gasteiger partial charge in [-0.3, -0.25) is 4.79 Å². The molecule has 0 saturated heterocycles. The molecule has 0 aromatic carbocycles. The summed E-state index contributed by atoms with van der Waals surface area (Å²) >= 11 is 0. The van der Waals surface area contributed by atoms with Crippen molar-refractivity contribution in [1.29, 1.82) is 0 Å². The predicted octanol–water partition coefficient (Wildman–Crippen LogP) is 1.54. The highest BCUT2D eigenvalue weighted by Crippen LogP contribution is 2.01. The van der Waals surface area contributed by atoms with E-state index in [1.807, 2.05) is 6.92 Å². The van der Waals surface area contributed by atoms with Gasteiger partial charge in [-0.05, 0) is 26.2 Å². The zero-order chi connectivity index (χ0) is 11.1. The molecule has 3 nitrogen and oxygen atoms in total. The molecule has 0 aromatic rings. The highest BCUT2D eigenvalue weighted by atomic mass is 16.2. The van der Waals surface area contributed by atoms with Crippen LogP contribution in [0, 0.1) is 5.92 Å². The summed E-state index contributed by atoms with van der Waals surface area (Å²) in [6.45, 7) is 11.1. The van der Waals surface area contributed by atoms with Gasteiger partial charge in [0.2, 0.25) is 5.91 Å².